The summed E-state index contributed by atoms with van der Waals surface area (Å²) >= 11 is 0. The largest absolute Gasteiger partial charge is 0.507 e. The Morgan fingerprint density at radius 3 is 2.49 bits per heavy atom. The first-order valence-corrected chi connectivity index (χ1v) is 18.3. The Morgan fingerprint density at radius 1 is 1.02 bits per heavy atom. The Labute approximate surface area is 265 Å². The average Bonchev–Trinajstić information content (AvgIpc) is 3.52. The summed E-state index contributed by atoms with van der Waals surface area (Å²) in [4.78, 5) is 15.9. The normalized spacial score (nSPS) is 20.4. The molecule has 0 radical (unpaired) electrons. The van der Waals surface area contributed by atoms with E-state index in [9.17, 15) is 9.50 Å². The lowest BCUT2D eigenvalue weighted by Gasteiger charge is -2.38. The van der Waals surface area contributed by atoms with Crippen LogP contribution in [-0.2, 0) is 0 Å². The molecule has 0 saturated carbocycles. The van der Waals surface area contributed by atoms with Crippen molar-refractivity contribution in [3.05, 3.63) is 54.0 Å². The molecule has 9 heteroatoms. The van der Waals surface area contributed by atoms with Gasteiger partial charge in [0.25, 0.3) is 0 Å². The standard InChI is InChI=1S/C36H42F2N4O2Si/c1-22(2)45(23(3)4,24(5)6)17-14-28-27-10-13-32(43)33(29(27)9-11-30(28)38)31-12-8-25-19-39-35(41-34(25)40-31)44-21-36-15-7-16-42(36)20-26(37)18-36/h8-13,19,22-24,26,43H,7,15-16,18,20-21H2,1-6H3/t26-,36+/m1/s1. The molecule has 1 N–H and O–H groups in total. The summed E-state index contributed by atoms with van der Waals surface area (Å²) in [5, 5.41) is 13.1. The van der Waals surface area contributed by atoms with Gasteiger partial charge >= 0.3 is 6.01 Å². The summed E-state index contributed by atoms with van der Waals surface area (Å²) in [5.41, 5.74) is 6.31. The van der Waals surface area contributed by atoms with Crippen LogP contribution in [0.4, 0.5) is 8.78 Å². The second-order valence-corrected chi connectivity index (χ2v) is 19.3. The third kappa shape index (κ3) is 5.46. The van der Waals surface area contributed by atoms with Crippen LogP contribution in [-0.4, -0.2) is 64.4 Å². The molecule has 2 atom stereocenters. The number of alkyl halides is 1. The Morgan fingerprint density at radius 2 is 1.76 bits per heavy atom. The van der Waals surface area contributed by atoms with E-state index in [1.807, 2.05) is 6.07 Å². The van der Waals surface area contributed by atoms with E-state index < -0.39 is 14.2 Å². The number of benzene rings is 2. The van der Waals surface area contributed by atoms with Gasteiger partial charge in [0, 0.05) is 35.5 Å². The fraction of sp³-hybridized carbons (Fsp3) is 0.472. The van der Waals surface area contributed by atoms with Crippen LogP contribution in [0, 0.1) is 17.3 Å². The van der Waals surface area contributed by atoms with E-state index in [-0.39, 0.29) is 23.1 Å². The van der Waals surface area contributed by atoms with Crippen LogP contribution in [0.15, 0.2) is 42.6 Å². The van der Waals surface area contributed by atoms with Crippen molar-refractivity contribution in [2.24, 2.45) is 0 Å². The molecule has 4 aromatic rings. The summed E-state index contributed by atoms with van der Waals surface area (Å²) in [7, 11) is -2.11. The van der Waals surface area contributed by atoms with E-state index in [2.05, 4.69) is 67.9 Å². The van der Waals surface area contributed by atoms with E-state index in [0.717, 1.165) is 19.4 Å². The maximum absolute atomic E-state index is 15.5. The average molecular weight is 629 g/mol. The van der Waals surface area contributed by atoms with Gasteiger partial charge in [0.15, 0.2) is 5.65 Å². The van der Waals surface area contributed by atoms with Crippen LogP contribution in [0.1, 0.15) is 66.4 Å². The van der Waals surface area contributed by atoms with Gasteiger partial charge in [0.1, 0.15) is 32.4 Å². The minimum atomic E-state index is -2.11. The maximum Gasteiger partial charge on any atom is 0.318 e. The predicted octanol–water partition coefficient (Wildman–Crippen LogP) is 8.21. The van der Waals surface area contributed by atoms with E-state index in [1.54, 1.807) is 30.5 Å². The Bertz CT molecular complexity index is 1800. The highest BCUT2D eigenvalue weighted by Crippen LogP contribution is 2.42. The molecule has 2 fully saturated rings. The third-order valence-electron chi connectivity index (χ3n) is 10.3. The van der Waals surface area contributed by atoms with Crippen molar-refractivity contribution in [3.8, 4) is 34.5 Å². The van der Waals surface area contributed by atoms with Crippen LogP contribution in [0.3, 0.4) is 0 Å². The number of ether oxygens (including phenoxy) is 1. The minimum Gasteiger partial charge on any atom is -0.507 e. The van der Waals surface area contributed by atoms with E-state index in [1.165, 1.54) is 6.07 Å². The molecule has 6 rings (SSSR count). The second kappa shape index (κ2) is 12.0. The van der Waals surface area contributed by atoms with Crippen molar-refractivity contribution < 1.29 is 18.6 Å². The SMILES string of the molecule is CC(C)[Si](C#Cc1c(F)ccc2c(-c3ccc4cnc(OC[C@@]56CCCN5C[C@H](F)C6)nc4n3)c(O)ccc12)(C(C)C)C(C)C. The number of phenols is 1. The number of fused-ring (bicyclic) bond motifs is 3. The summed E-state index contributed by atoms with van der Waals surface area (Å²) in [6.45, 7) is 15.1. The molecule has 45 heavy (non-hydrogen) atoms. The molecule has 0 aliphatic carbocycles. The minimum absolute atomic E-state index is 0.0306. The zero-order valence-corrected chi connectivity index (χ0v) is 28.0. The number of halogens is 2. The molecule has 2 saturated heterocycles. The second-order valence-electron chi connectivity index (χ2n) is 13.8. The molecule has 2 aromatic heterocycles. The van der Waals surface area contributed by atoms with E-state index >= 15 is 4.39 Å². The molecule has 0 bridgehead atoms. The monoisotopic (exact) mass is 628 g/mol. The predicted molar refractivity (Wildman–Crippen MR) is 178 cm³/mol. The van der Waals surface area contributed by atoms with Gasteiger partial charge in [0.2, 0.25) is 0 Å². The molecule has 2 aliphatic rings. The summed E-state index contributed by atoms with van der Waals surface area (Å²) in [6.07, 6.45) is 3.21. The molecular weight excluding hydrogens is 587 g/mol. The number of aromatic nitrogens is 3. The van der Waals surface area contributed by atoms with Crippen molar-refractivity contribution in [2.75, 3.05) is 19.7 Å². The number of hydrogen-bond acceptors (Lipinski definition) is 6. The molecule has 0 spiro atoms. The van der Waals surface area contributed by atoms with Crippen LogP contribution in [0.2, 0.25) is 16.6 Å². The highest BCUT2D eigenvalue weighted by molar-refractivity contribution is 6.90. The van der Waals surface area contributed by atoms with Gasteiger partial charge in [-0.25, -0.2) is 18.7 Å². The number of aromatic hydroxyl groups is 1. The highest BCUT2D eigenvalue weighted by atomic mass is 28.3. The number of phenolic OH excluding ortho intramolecular Hbond substituents is 1. The summed E-state index contributed by atoms with van der Waals surface area (Å²) < 4.78 is 35.7. The maximum atomic E-state index is 15.5. The van der Waals surface area contributed by atoms with Crippen LogP contribution in [0.25, 0.3) is 33.1 Å². The molecular formula is C36H42F2N4O2Si. The summed E-state index contributed by atoms with van der Waals surface area (Å²) in [6, 6.07) is 10.2. The fourth-order valence-electron chi connectivity index (χ4n) is 8.12. The van der Waals surface area contributed by atoms with Crippen molar-refractivity contribution in [3.63, 3.8) is 0 Å². The molecule has 4 heterocycles. The Kier molecular flexibility index (Phi) is 8.34. The number of nitrogens with zero attached hydrogens (tertiary/aromatic N) is 4. The lowest BCUT2D eigenvalue weighted by atomic mass is 9.95. The number of pyridine rings is 1. The Balaban J connectivity index is 1.39. The van der Waals surface area contributed by atoms with Crippen molar-refractivity contribution in [1.82, 2.24) is 19.9 Å². The van der Waals surface area contributed by atoms with Crippen LogP contribution >= 0.6 is 0 Å². The number of hydrogen-bond donors (Lipinski definition) is 1. The van der Waals surface area contributed by atoms with E-state index in [0.29, 0.717) is 74.8 Å². The van der Waals surface area contributed by atoms with Gasteiger partial charge in [-0.2, -0.15) is 4.98 Å². The van der Waals surface area contributed by atoms with Gasteiger partial charge in [-0.3, -0.25) is 4.90 Å². The van der Waals surface area contributed by atoms with Gasteiger partial charge in [-0.05, 0) is 71.7 Å². The van der Waals surface area contributed by atoms with Crippen LogP contribution in [0.5, 0.6) is 11.8 Å². The zero-order chi connectivity index (χ0) is 32.1. The zero-order valence-electron chi connectivity index (χ0n) is 27.0. The third-order valence-corrected chi connectivity index (χ3v) is 16.6. The lowest BCUT2D eigenvalue weighted by Crippen LogP contribution is -2.43. The van der Waals surface area contributed by atoms with Gasteiger partial charge in [-0.1, -0.05) is 53.5 Å². The first kappa shape index (κ1) is 31.4. The quantitative estimate of drug-likeness (QED) is 0.164. The van der Waals surface area contributed by atoms with E-state index in [4.69, 9.17) is 9.72 Å². The van der Waals surface area contributed by atoms with Gasteiger partial charge < -0.3 is 9.84 Å². The molecule has 2 aromatic carbocycles. The highest BCUT2D eigenvalue weighted by Gasteiger charge is 2.49. The molecule has 2 aliphatic heterocycles. The molecule has 6 nitrogen and oxygen atoms in total. The first-order valence-electron chi connectivity index (χ1n) is 16.1. The van der Waals surface area contributed by atoms with Gasteiger partial charge in [0.05, 0.1) is 16.8 Å². The lowest BCUT2D eigenvalue weighted by molar-refractivity contribution is 0.107. The smallest absolute Gasteiger partial charge is 0.318 e. The van der Waals surface area contributed by atoms with Crippen molar-refractivity contribution in [1.29, 1.82) is 0 Å². The van der Waals surface area contributed by atoms with Gasteiger partial charge in [-0.15, -0.1) is 5.54 Å². The molecule has 236 valence electrons. The Hall–Kier alpha value is -3.61. The van der Waals surface area contributed by atoms with Crippen molar-refractivity contribution >= 4 is 29.9 Å². The molecule has 0 amide bonds. The van der Waals surface area contributed by atoms with Crippen molar-refractivity contribution in [2.45, 2.75) is 89.1 Å². The van der Waals surface area contributed by atoms with Crippen LogP contribution < -0.4 is 4.74 Å². The first-order chi connectivity index (χ1) is 21.4. The summed E-state index contributed by atoms with van der Waals surface area (Å²) in [5.74, 6) is 2.95. The topological polar surface area (TPSA) is 71.4 Å². The number of rotatable bonds is 7. The fourth-order valence-corrected chi connectivity index (χ4v) is 13.3. The molecule has 0 unspecified atom stereocenters.